The van der Waals surface area contributed by atoms with Crippen LogP contribution in [0, 0.1) is 25.2 Å². The van der Waals surface area contributed by atoms with Crippen molar-refractivity contribution in [1.82, 2.24) is 4.57 Å². The van der Waals surface area contributed by atoms with Crippen molar-refractivity contribution in [2.45, 2.75) is 20.4 Å². The molecule has 0 atom stereocenters. The Morgan fingerprint density at radius 1 is 0.966 bits per heavy atom. The minimum atomic E-state index is 0.648. The molecule has 0 N–H and O–H groups in total. The minimum Gasteiger partial charge on any atom is -0.342 e. The Balaban J connectivity index is 1.81. The Labute approximate surface area is 176 Å². The van der Waals surface area contributed by atoms with E-state index in [2.05, 4.69) is 48.0 Å². The lowest BCUT2D eigenvalue weighted by molar-refractivity contribution is 0.836. The van der Waals surface area contributed by atoms with Crippen LogP contribution in [-0.4, -0.2) is 4.57 Å². The van der Waals surface area contributed by atoms with Gasteiger partial charge in [0, 0.05) is 28.7 Å². The maximum absolute atomic E-state index is 9.75. The van der Waals surface area contributed by atoms with Gasteiger partial charge in [-0.15, -0.1) is 0 Å². The summed E-state index contributed by atoms with van der Waals surface area (Å²) in [4.78, 5) is 0. The molecule has 3 heteroatoms. The highest BCUT2D eigenvalue weighted by atomic mass is 35.5. The van der Waals surface area contributed by atoms with Gasteiger partial charge in [0.15, 0.2) is 0 Å². The molecular weight excluding hydrogens is 376 g/mol. The number of benzene rings is 3. The van der Waals surface area contributed by atoms with Gasteiger partial charge < -0.3 is 4.57 Å². The van der Waals surface area contributed by atoms with Crippen LogP contribution in [0.5, 0.6) is 0 Å². The molecule has 0 saturated heterocycles. The Morgan fingerprint density at radius 3 is 2.28 bits per heavy atom. The lowest BCUT2D eigenvalue weighted by Gasteiger charge is -2.06. The van der Waals surface area contributed by atoms with Crippen LogP contribution >= 0.6 is 11.6 Å². The molecule has 4 aromatic rings. The van der Waals surface area contributed by atoms with E-state index in [1.807, 2.05) is 55.5 Å². The van der Waals surface area contributed by atoms with E-state index in [1.54, 1.807) is 0 Å². The van der Waals surface area contributed by atoms with E-state index in [-0.39, 0.29) is 0 Å². The summed E-state index contributed by atoms with van der Waals surface area (Å²) in [5.41, 5.74) is 7.29. The molecule has 29 heavy (non-hydrogen) atoms. The molecule has 2 nitrogen and oxygen atoms in total. The highest BCUT2D eigenvalue weighted by Crippen LogP contribution is 2.29. The molecular formula is C26H21ClN2. The van der Waals surface area contributed by atoms with Crippen LogP contribution in [-0.2, 0) is 6.54 Å². The van der Waals surface area contributed by atoms with Gasteiger partial charge in [-0.25, -0.2) is 0 Å². The van der Waals surface area contributed by atoms with Crippen LogP contribution in [0.15, 0.2) is 72.9 Å². The molecule has 0 unspecified atom stereocenters. The van der Waals surface area contributed by atoms with Crippen molar-refractivity contribution in [3.63, 3.8) is 0 Å². The first-order valence-electron chi connectivity index (χ1n) is 9.56. The van der Waals surface area contributed by atoms with Crippen molar-refractivity contribution in [3.05, 3.63) is 106 Å². The molecule has 4 rings (SSSR count). The number of fused-ring (bicyclic) bond motifs is 1. The zero-order valence-electron chi connectivity index (χ0n) is 16.5. The number of allylic oxidation sites excluding steroid dienone is 1. The fourth-order valence-corrected chi connectivity index (χ4v) is 3.66. The predicted molar refractivity (Wildman–Crippen MR) is 122 cm³/mol. The van der Waals surface area contributed by atoms with Crippen molar-refractivity contribution in [3.8, 4) is 6.07 Å². The second kappa shape index (κ2) is 7.99. The van der Waals surface area contributed by atoms with Gasteiger partial charge in [-0.2, -0.15) is 5.26 Å². The second-order valence-electron chi connectivity index (χ2n) is 7.40. The SMILES string of the molecule is Cc1ccc(Cn2cc(/C=C(\C#N)c3ccc(C)cc3)c3ccc(Cl)cc32)cc1. The van der Waals surface area contributed by atoms with Crippen LogP contribution in [0.25, 0.3) is 22.6 Å². The van der Waals surface area contributed by atoms with E-state index in [0.717, 1.165) is 28.6 Å². The summed E-state index contributed by atoms with van der Waals surface area (Å²) in [5.74, 6) is 0. The number of halogens is 1. The first-order chi connectivity index (χ1) is 14.0. The molecule has 0 saturated carbocycles. The standard InChI is InChI=1S/C26H21ClN2/c1-18-3-7-20(8-4-18)16-29-17-23(25-12-11-24(27)14-26(25)29)13-22(15-28)21-9-5-19(2)6-10-21/h3-14,17H,16H2,1-2H3/b22-13+. The molecule has 3 aromatic carbocycles. The summed E-state index contributed by atoms with van der Waals surface area (Å²) >= 11 is 6.29. The number of nitriles is 1. The summed E-state index contributed by atoms with van der Waals surface area (Å²) in [6.07, 6.45) is 4.07. The molecule has 0 bridgehead atoms. The summed E-state index contributed by atoms with van der Waals surface area (Å²) in [5, 5.41) is 11.5. The third-order valence-electron chi connectivity index (χ3n) is 5.13. The van der Waals surface area contributed by atoms with E-state index in [0.29, 0.717) is 10.6 Å². The zero-order valence-corrected chi connectivity index (χ0v) is 17.2. The molecule has 0 amide bonds. The number of rotatable bonds is 4. The van der Waals surface area contributed by atoms with Crippen LogP contribution in [0.2, 0.25) is 5.02 Å². The summed E-state index contributed by atoms with van der Waals surface area (Å²) in [7, 11) is 0. The molecule has 0 spiro atoms. The highest BCUT2D eigenvalue weighted by Gasteiger charge is 2.10. The van der Waals surface area contributed by atoms with Crippen molar-refractivity contribution in [2.24, 2.45) is 0 Å². The number of hydrogen-bond acceptors (Lipinski definition) is 1. The third kappa shape index (κ3) is 4.11. The molecule has 142 valence electrons. The van der Waals surface area contributed by atoms with Crippen molar-refractivity contribution in [1.29, 1.82) is 5.26 Å². The Kier molecular flexibility index (Phi) is 5.25. The van der Waals surface area contributed by atoms with E-state index < -0.39 is 0 Å². The topological polar surface area (TPSA) is 28.7 Å². The average Bonchev–Trinajstić information content (AvgIpc) is 3.05. The van der Waals surface area contributed by atoms with Gasteiger partial charge in [-0.1, -0.05) is 77.3 Å². The molecule has 0 radical (unpaired) electrons. The van der Waals surface area contributed by atoms with E-state index >= 15 is 0 Å². The lowest BCUT2D eigenvalue weighted by Crippen LogP contribution is -1.97. The first-order valence-corrected chi connectivity index (χ1v) is 9.94. The summed E-state index contributed by atoms with van der Waals surface area (Å²) in [6.45, 7) is 4.88. The fourth-order valence-electron chi connectivity index (χ4n) is 3.50. The number of hydrogen-bond donors (Lipinski definition) is 0. The first kappa shape index (κ1) is 19.1. The molecule has 1 aromatic heterocycles. The second-order valence-corrected chi connectivity index (χ2v) is 7.83. The van der Waals surface area contributed by atoms with Crippen LogP contribution in [0.4, 0.5) is 0 Å². The van der Waals surface area contributed by atoms with Gasteiger partial charge >= 0.3 is 0 Å². The van der Waals surface area contributed by atoms with Gasteiger partial charge in [-0.3, -0.25) is 0 Å². The monoisotopic (exact) mass is 396 g/mol. The van der Waals surface area contributed by atoms with E-state index in [4.69, 9.17) is 11.6 Å². The summed E-state index contributed by atoms with van der Waals surface area (Å²) in [6, 6.07) is 24.9. The number of aromatic nitrogens is 1. The minimum absolute atomic E-state index is 0.648. The van der Waals surface area contributed by atoms with E-state index in [9.17, 15) is 5.26 Å². The van der Waals surface area contributed by atoms with Crippen LogP contribution < -0.4 is 0 Å². The Hall–Kier alpha value is -3.28. The maximum atomic E-state index is 9.75. The largest absolute Gasteiger partial charge is 0.342 e. The highest BCUT2D eigenvalue weighted by molar-refractivity contribution is 6.31. The van der Waals surface area contributed by atoms with E-state index in [1.165, 1.54) is 16.7 Å². The molecule has 1 heterocycles. The van der Waals surface area contributed by atoms with Gasteiger partial charge in [0.2, 0.25) is 0 Å². The molecule has 0 aliphatic heterocycles. The van der Waals surface area contributed by atoms with Gasteiger partial charge in [0.05, 0.1) is 17.2 Å². The fraction of sp³-hybridized carbons (Fsp3) is 0.115. The van der Waals surface area contributed by atoms with Gasteiger partial charge in [-0.05, 0) is 43.2 Å². The smallest absolute Gasteiger partial charge is 0.0998 e. The zero-order chi connectivity index (χ0) is 20.4. The van der Waals surface area contributed by atoms with Crippen LogP contribution in [0.3, 0.4) is 0 Å². The van der Waals surface area contributed by atoms with Crippen molar-refractivity contribution in [2.75, 3.05) is 0 Å². The van der Waals surface area contributed by atoms with Crippen molar-refractivity contribution < 1.29 is 0 Å². The quantitative estimate of drug-likeness (QED) is 0.340. The lowest BCUT2D eigenvalue weighted by atomic mass is 10.0. The third-order valence-corrected chi connectivity index (χ3v) is 5.37. The van der Waals surface area contributed by atoms with Crippen molar-refractivity contribution >= 4 is 34.2 Å². The normalized spacial score (nSPS) is 11.6. The number of aryl methyl sites for hydroxylation is 2. The molecule has 0 aliphatic rings. The number of nitrogens with zero attached hydrogens (tertiary/aromatic N) is 2. The van der Waals surface area contributed by atoms with Gasteiger partial charge in [0.1, 0.15) is 0 Å². The average molecular weight is 397 g/mol. The maximum Gasteiger partial charge on any atom is 0.0998 e. The Morgan fingerprint density at radius 2 is 1.62 bits per heavy atom. The Bertz CT molecular complexity index is 1240. The predicted octanol–water partition coefficient (Wildman–Crippen LogP) is 7.02. The summed E-state index contributed by atoms with van der Waals surface area (Å²) < 4.78 is 2.20. The molecule has 0 aliphatic carbocycles. The molecule has 0 fully saturated rings. The van der Waals surface area contributed by atoms with Crippen LogP contribution in [0.1, 0.15) is 27.8 Å². The van der Waals surface area contributed by atoms with Gasteiger partial charge in [0.25, 0.3) is 0 Å².